The van der Waals surface area contributed by atoms with Gasteiger partial charge in [0.05, 0.1) is 40.3 Å². The number of rotatable bonds is 23. The van der Waals surface area contributed by atoms with Crippen molar-refractivity contribution in [3.63, 3.8) is 0 Å². The van der Waals surface area contributed by atoms with E-state index in [2.05, 4.69) is 0 Å². The van der Waals surface area contributed by atoms with Crippen molar-refractivity contribution >= 4 is 35.8 Å². The summed E-state index contributed by atoms with van der Waals surface area (Å²) in [5.41, 5.74) is -2.43. The molecule has 0 spiro atoms. The monoisotopic (exact) mass is 857 g/mol. The molecule has 16 heteroatoms. The van der Waals surface area contributed by atoms with Gasteiger partial charge >= 0.3 is 35.8 Å². The van der Waals surface area contributed by atoms with Gasteiger partial charge in [-0.3, -0.25) is 28.9 Å². The highest BCUT2D eigenvalue weighted by Crippen LogP contribution is 2.42. The molecular formula is C44H76N2O14. The van der Waals surface area contributed by atoms with Crippen molar-refractivity contribution < 1.29 is 66.9 Å². The molecule has 0 saturated carbocycles. The molecule has 0 N–H and O–H groups in total. The average molecular weight is 857 g/mol. The fourth-order valence-corrected chi connectivity index (χ4v) is 8.94. The molecule has 0 aromatic rings. The van der Waals surface area contributed by atoms with E-state index in [9.17, 15) is 28.8 Å². The molecular weight excluding hydrogens is 780 g/mol. The summed E-state index contributed by atoms with van der Waals surface area (Å²) < 4.78 is 31.5. The minimum absolute atomic E-state index is 0.0903. The highest BCUT2D eigenvalue weighted by molar-refractivity contribution is 5.78. The zero-order chi connectivity index (χ0) is 45.6. The molecule has 346 valence electrons. The van der Waals surface area contributed by atoms with E-state index in [-0.39, 0.29) is 37.0 Å². The van der Waals surface area contributed by atoms with Crippen LogP contribution in [0.5, 0.6) is 0 Å². The van der Waals surface area contributed by atoms with E-state index in [4.69, 9.17) is 38.1 Å². The summed E-state index contributed by atoms with van der Waals surface area (Å²) >= 11 is 0. The van der Waals surface area contributed by atoms with Crippen molar-refractivity contribution in [2.45, 2.75) is 206 Å². The Hall–Kier alpha value is -3.34. The van der Waals surface area contributed by atoms with Crippen molar-refractivity contribution in [1.82, 2.24) is 10.1 Å². The number of esters is 6. The van der Waals surface area contributed by atoms with E-state index in [1.165, 1.54) is 28.4 Å². The first kappa shape index (κ1) is 52.8. The zero-order valence-electron chi connectivity index (χ0n) is 39.0. The number of carbonyl (C=O) groups is 6. The summed E-state index contributed by atoms with van der Waals surface area (Å²) in [6, 6.07) is 0. The summed E-state index contributed by atoms with van der Waals surface area (Å²) in [4.78, 5) is 87.8. The first-order chi connectivity index (χ1) is 27.8. The number of ether oxygens (including phenoxy) is 6. The van der Waals surface area contributed by atoms with Crippen LogP contribution < -0.4 is 0 Å². The third-order valence-corrected chi connectivity index (χ3v) is 11.5. The molecule has 2 saturated heterocycles. The van der Waals surface area contributed by atoms with Crippen molar-refractivity contribution in [3.05, 3.63) is 0 Å². The molecule has 0 aromatic carbocycles. The lowest BCUT2D eigenvalue weighted by Crippen LogP contribution is -2.63. The number of piperidine rings is 2. The van der Waals surface area contributed by atoms with E-state index >= 15 is 0 Å². The highest BCUT2D eigenvalue weighted by atomic mass is 16.7. The maximum absolute atomic E-state index is 12.9. The standard InChI is InChI=1S/C44H76N2O14/c1-29(37(49)53-11)23-33(39(51)55-13)59-45-41(3,4)25-31(26-42(45,5)6)57-35(47)21-19-17-15-16-18-20-22-36(48)58-32-27-43(7,8)46(44(9,10)28-32)60-34(40(52)56-14)24-30(2)38(50)54-12/h29-34H,15-28H2,1-14H3. The van der Waals surface area contributed by atoms with Crippen LogP contribution in [0.4, 0.5) is 0 Å². The predicted molar refractivity (Wildman–Crippen MR) is 221 cm³/mol. The largest absolute Gasteiger partial charge is 0.469 e. The highest BCUT2D eigenvalue weighted by Gasteiger charge is 2.51. The Bertz CT molecular complexity index is 1300. The van der Waals surface area contributed by atoms with Gasteiger partial charge in [-0.1, -0.05) is 39.5 Å². The van der Waals surface area contributed by atoms with E-state index in [1.54, 1.807) is 24.0 Å². The summed E-state index contributed by atoms with van der Waals surface area (Å²) in [6.07, 6.45) is 5.06. The zero-order valence-corrected chi connectivity index (χ0v) is 39.0. The number of carbonyl (C=O) groups excluding carboxylic acids is 6. The molecule has 0 aliphatic carbocycles. The molecule has 2 aliphatic rings. The minimum atomic E-state index is -1.01. The van der Waals surface area contributed by atoms with E-state index in [0.29, 0.717) is 51.4 Å². The lowest BCUT2D eigenvalue weighted by Gasteiger charge is -2.54. The molecule has 60 heavy (non-hydrogen) atoms. The number of hydrogen-bond acceptors (Lipinski definition) is 16. The third-order valence-electron chi connectivity index (χ3n) is 11.5. The van der Waals surface area contributed by atoms with Gasteiger partial charge in [-0.25, -0.2) is 9.59 Å². The van der Waals surface area contributed by atoms with Crippen LogP contribution in [0.25, 0.3) is 0 Å². The Balaban J connectivity index is 1.76. The second kappa shape index (κ2) is 23.2. The Morgan fingerprint density at radius 2 is 0.733 bits per heavy atom. The van der Waals surface area contributed by atoms with Gasteiger partial charge in [0.15, 0.2) is 12.2 Å². The number of unbranched alkanes of at least 4 members (excludes halogenated alkanes) is 5. The third kappa shape index (κ3) is 15.8. The van der Waals surface area contributed by atoms with Gasteiger partial charge in [-0.15, -0.1) is 0 Å². The molecule has 2 heterocycles. The van der Waals surface area contributed by atoms with Crippen LogP contribution in [0.1, 0.15) is 159 Å². The van der Waals surface area contributed by atoms with Gasteiger partial charge in [0.2, 0.25) is 0 Å². The molecule has 4 atom stereocenters. The minimum Gasteiger partial charge on any atom is -0.469 e. The Kier molecular flexibility index (Phi) is 20.4. The van der Waals surface area contributed by atoms with Crippen molar-refractivity contribution in [1.29, 1.82) is 0 Å². The van der Waals surface area contributed by atoms with Gasteiger partial charge in [0, 0.05) is 60.7 Å². The van der Waals surface area contributed by atoms with E-state index in [1.807, 2.05) is 55.4 Å². The molecule has 0 amide bonds. The maximum atomic E-state index is 12.9. The number of methoxy groups -OCH3 is 4. The SMILES string of the molecule is COC(=O)C(C)CC(ON1C(C)(C)CC(OC(=O)CCCCCCCCC(=O)OC2CC(C)(C)N(OC(CC(C)C(=O)OC)C(=O)OC)C(C)(C)C2)CC1(C)C)C(=O)OC. The van der Waals surface area contributed by atoms with Crippen LogP contribution in [0.3, 0.4) is 0 Å². The molecule has 2 rings (SSSR count). The quantitative estimate of drug-likeness (QED) is 0.0610. The van der Waals surface area contributed by atoms with Crippen LogP contribution in [0.15, 0.2) is 0 Å². The van der Waals surface area contributed by atoms with Crippen LogP contribution in [-0.2, 0) is 66.9 Å². The van der Waals surface area contributed by atoms with Gasteiger partial charge in [0.25, 0.3) is 0 Å². The Morgan fingerprint density at radius 1 is 0.467 bits per heavy atom. The smallest absolute Gasteiger partial charge is 0.337 e. The molecule has 0 bridgehead atoms. The van der Waals surface area contributed by atoms with Gasteiger partial charge in [-0.05, 0) is 81.1 Å². The molecule has 2 aliphatic heterocycles. The summed E-state index contributed by atoms with van der Waals surface area (Å²) in [5.74, 6) is -3.71. The lowest BCUT2D eigenvalue weighted by atomic mass is 9.80. The molecule has 4 unspecified atom stereocenters. The second-order valence-corrected chi connectivity index (χ2v) is 19.1. The summed E-state index contributed by atoms with van der Waals surface area (Å²) in [7, 11) is 5.16. The van der Waals surface area contributed by atoms with Crippen molar-refractivity contribution in [2.24, 2.45) is 11.8 Å². The van der Waals surface area contributed by atoms with Crippen LogP contribution in [0.2, 0.25) is 0 Å². The average Bonchev–Trinajstić information content (AvgIpc) is 3.15. The molecule has 2 fully saturated rings. The Morgan fingerprint density at radius 3 is 1.00 bits per heavy atom. The normalized spacial score (nSPS) is 21.1. The lowest BCUT2D eigenvalue weighted by molar-refractivity contribution is -0.313. The van der Waals surface area contributed by atoms with Crippen LogP contribution in [-0.4, -0.2) is 121 Å². The van der Waals surface area contributed by atoms with Crippen LogP contribution >= 0.6 is 0 Å². The summed E-state index contributed by atoms with van der Waals surface area (Å²) in [6.45, 7) is 19.1. The fraction of sp³-hybridized carbons (Fsp3) is 0.864. The van der Waals surface area contributed by atoms with Crippen LogP contribution in [0, 0.1) is 11.8 Å². The van der Waals surface area contributed by atoms with E-state index < -0.39 is 70.1 Å². The number of hydroxylamine groups is 4. The summed E-state index contributed by atoms with van der Waals surface area (Å²) in [5, 5.41) is 3.56. The van der Waals surface area contributed by atoms with Gasteiger partial charge < -0.3 is 28.4 Å². The van der Waals surface area contributed by atoms with Crippen molar-refractivity contribution in [3.8, 4) is 0 Å². The van der Waals surface area contributed by atoms with E-state index in [0.717, 1.165) is 25.7 Å². The molecule has 0 aromatic heterocycles. The first-order valence-corrected chi connectivity index (χ1v) is 21.5. The van der Waals surface area contributed by atoms with Gasteiger partial charge in [0.1, 0.15) is 12.2 Å². The maximum Gasteiger partial charge on any atom is 0.337 e. The fourth-order valence-electron chi connectivity index (χ4n) is 8.94. The second-order valence-electron chi connectivity index (χ2n) is 19.1. The Labute approximate surface area is 358 Å². The predicted octanol–water partition coefficient (Wildman–Crippen LogP) is 6.58. The molecule has 16 nitrogen and oxygen atoms in total. The topological polar surface area (TPSA) is 183 Å². The van der Waals surface area contributed by atoms with Gasteiger partial charge in [-0.2, -0.15) is 10.1 Å². The number of nitrogens with zero attached hydrogens (tertiary/aromatic N) is 2. The first-order valence-electron chi connectivity index (χ1n) is 21.5. The van der Waals surface area contributed by atoms with Crippen molar-refractivity contribution in [2.75, 3.05) is 28.4 Å². The molecule has 0 radical (unpaired) electrons. The number of hydrogen-bond donors (Lipinski definition) is 0.